The molecular formula is C15H19N3S. The number of rotatable bonds is 3. The highest BCUT2D eigenvalue weighted by molar-refractivity contribution is 7.09. The zero-order chi connectivity index (χ0) is 13.1. The van der Waals surface area contributed by atoms with Crippen LogP contribution in [0.5, 0.6) is 0 Å². The highest BCUT2D eigenvalue weighted by atomic mass is 32.1. The summed E-state index contributed by atoms with van der Waals surface area (Å²) in [5.41, 5.74) is 2.67. The fourth-order valence-corrected chi connectivity index (χ4v) is 3.46. The first-order valence-corrected chi connectivity index (χ1v) is 7.63. The van der Waals surface area contributed by atoms with Crippen molar-refractivity contribution in [3.05, 3.63) is 52.0 Å². The molecule has 0 radical (unpaired) electrons. The van der Waals surface area contributed by atoms with Gasteiger partial charge in [-0.3, -0.25) is 4.90 Å². The molecule has 2 heterocycles. The molecule has 0 bridgehead atoms. The summed E-state index contributed by atoms with van der Waals surface area (Å²) in [5.74, 6) is 0. The van der Waals surface area contributed by atoms with Gasteiger partial charge in [-0.05, 0) is 12.5 Å². The summed E-state index contributed by atoms with van der Waals surface area (Å²) in [6, 6.07) is 9.12. The van der Waals surface area contributed by atoms with E-state index < -0.39 is 0 Å². The zero-order valence-corrected chi connectivity index (χ0v) is 12.0. The van der Waals surface area contributed by atoms with Crippen molar-refractivity contribution in [2.24, 2.45) is 0 Å². The molecule has 4 heteroatoms. The number of thiazole rings is 1. The standard InChI is InChI=1S/C15H19N3S/c1-12-3-2-4-13(11-12)14(15-17-7-10-19-15)18-8-5-16-6-9-18/h2-4,7,10-11,14,16H,5-6,8-9H2,1H3. The second-order valence-electron chi connectivity index (χ2n) is 4.97. The summed E-state index contributed by atoms with van der Waals surface area (Å²) in [6.07, 6.45) is 1.91. The van der Waals surface area contributed by atoms with E-state index in [4.69, 9.17) is 0 Å². The molecule has 1 aliphatic rings. The highest BCUT2D eigenvalue weighted by Gasteiger charge is 2.25. The van der Waals surface area contributed by atoms with E-state index in [2.05, 4.69) is 51.8 Å². The van der Waals surface area contributed by atoms with Crippen molar-refractivity contribution in [1.82, 2.24) is 15.2 Å². The van der Waals surface area contributed by atoms with Gasteiger partial charge in [0.25, 0.3) is 0 Å². The van der Waals surface area contributed by atoms with E-state index in [9.17, 15) is 0 Å². The van der Waals surface area contributed by atoms with E-state index in [1.54, 1.807) is 11.3 Å². The number of nitrogens with one attached hydrogen (secondary N) is 1. The van der Waals surface area contributed by atoms with Crippen LogP contribution in [0.4, 0.5) is 0 Å². The molecule has 1 atom stereocenters. The van der Waals surface area contributed by atoms with Crippen LogP contribution < -0.4 is 5.32 Å². The Morgan fingerprint density at radius 3 is 2.84 bits per heavy atom. The van der Waals surface area contributed by atoms with Gasteiger partial charge in [0, 0.05) is 37.8 Å². The molecular weight excluding hydrogens is 254 g/mol. The summed E-state index contributed by atoms with van der Waals surface area (Å²) >= 11 is 1.75. The van der Waals surface area contributed by atoms with Crippen molar-refractivity contribution >= 4 is 11.3 Å². The smallest absolute Gasteiger partial charge is 0.114 e. The molecule has 0 aliphatic carbocycles. The molecule has 1 aromatic heterocycles. The van der Waals surface area contributed by atoms with Crippen molar-refractivity contribution < 1.29 is 0 Å². The van der Waals surface area contributed by atoms with Gasteiger partial charge in [-0.2, -0.15) is 0 Å². The first-order chi connectivity index (χ1) is 9.34. The van der Waals surface area contributed by atoms with Crippen LogP contribution in [0.25, 0.3) is 0 Å². The predicted octanol–water partition coefficient (Wildman–Crippen LogP) is 2.45. The monoisotopic (exact) mass is 273 g/mol. The Hall–Kier alpha value is -1.23. The van der Waals surface area contributed by atoms with E-state index in [1.807, 2.05) is 6.20 Å². The van der Waals surface area contributed by atoms with Crippen LogP contribution in [0.3, 0.4) is 0 Å². The lowest BCUT2D eigenvalue weighted by atomic mass is 10.0. The van der Waals surface area contributed by atoms with Gasteiger partial charge in [0.15, 0.2) is 0 Å². The minimum Gasteiger partial charge on any atom is -0.314 e. The van der Waals surface area contributed by atoms with Crippen LogP contribution in [0.15, 0.2) is 35.8 Å². The summed E-state index contributed by atoms with van der Waals surface area (Å²) in [6.45, 7) is 6.44. The Balaban J connectivity index is 1.96. The summed E-state index contributed by atoms with van der Waals surface area (Å²) < 4.78 is 0. The average molecular weight is 273 g/mol. The number of nitrogens with zero attached hydrogens (tertiary/aromatic N) is 2. The Labute approximate surface area is 118 Å². The second kappa shape index (κ2) is 5.82. The minimum atomic E-state index is 0.307. The van der Waals surface area contributed by atoms with E-state index in [-0.39, 0.29) is 0 Å². The number of aromatic nitrogens is 1. The third kappa shape index (κ3) is 2.86. The van der Waals surface area contributed by atoms with Crippen molar-refractivity contribution in [2.45, 2.75) is 13.0 Å². The average Bonchev–Trinajstić information content (AvgIpc) is 2.94. The Morgan fingerprint density at radius 1 is 1.32 bits per heavy atom. The van der Waals surface area contributed by atoms with Crippen LogP contribution in [-0.2, 0) is 0 Å². The fraction of sp³-hybridized carbons (Fsp3) is 0.400. The van der Waals surface area contributed by atoms with E-state index in [0.29, 0.717) is 6.04 Å². The first kappa shape index (κ1) is 12.8. The fourth-order valence-electron chi connectivity index (χ4n) is 2.66. The number of benzene rings is 1. The Kier molecular flexibility index (Phi) is 3.92. The lowest BCUT2D eigenvalue weighted by molar-refractivity contribution is 0.198. The quantitative estimate of drug-likeness (QED) is 0.931. The molecule has 1 fully saturated rings. The van der Waals surface area contributed by atoms with Gasteiger partial charge >= 0.3 is 0 Å². The topological polar surface area (TPSA) is 28.2 Å². The molecule has 19 heavy (non-hydrogen) atoms. The first-order valence-electron chi connectivity index (χ1n) is 6.75. The third-order valence-corrected chi connectivity index (χ3v) is 4.39. The Morgan fingerprint density at radius 2 is 2.16 bits per heavy atom. The van der Waals surface area contributed by atoms with Crippen molar-refractivity contribution in [3.63, 3.8) is 0 Å². The van der Waals surface area contributed by atoms with E-state index in [1.165, 1.54) is 16.1 Å². The number of piperazine rings is 1. The molecule has 0 amide bonds. The van der Waals surface area contributed by atoms with Crippen molar-refractivity contribution in [2.75, 3.05) is 26.2 Å². The van der Waals surface area contributed by atoms with Crippen molar-refractivity contribution in [3.8, 4) is 0 Å². The van der Waals surface area contributed by atoms with Gasteiger partial charge in [0.1, 0.15) is 5.01 Å². The number of hydrogen-bond donors (Lipinski definition) is 1. The van der Waals surface area contributed by atoms with Crippen LogP contribution in [0.2, 0.25) is 0 Å². The highest BCUT2D eigenvalue weighted by Crippen LogP contribution is 2.30. The van der Waals surface area contributed by atoms with Gasteiger partial charge in [0.05, 0.1) is 6.04 Å². The molecule has 1 saturated heterocycles. The van der Waals surface area contributed by atoms with Gasteiger partial charge in [0.2, 0.25) is 0 Å². The zero-order valence-electron chi connectivity index (χ0n) is 11.2. The maximum absolute atomic E-state index is 4.55. The summed E-state index contributed by atoms with van der Waals surface area (Å²) in [7, 11) is 0. The second-order valence-corrected chi connectivity index (χ2v) is 5.90. The van der Waals surface area contributed by atoms with Crippen LogP contribution in [0, 0.1) is 6.92 Å². The van der Waals surface area contributed by atoms with Crippen molar-refractivity contribution in [1.29, 1.82) is 0 Å². The van der Waals surface area contributed by atoms with Crippen LogP contribution in [0.1, 0.15) is 22.2 Å². The van der Waals surface area contributed by atoms with Gasteiger partial charge < -0.3 is 5.32 Å². The third-order valence-electron chi connectivity index (χ3n) is 3.56. The molecule has 1 N–H and O–H groups in total. The lowest BCUT2D eigenvalue weighted by Gasteiger charge is -2.34. The number of hydrogen-bond acceptors (Lipinski definition) is 4. The minimum absolute atomic E-state index is 0.307. The lowest BCUT2D eigenvalue weighted by Crippen LogP contribution is -2.45. The predicted molar refractivity (Wildman–Crippen MR) is 79.6 cm³/mol. The molecule has 1 aliphatic heterocycles. The molecule has 3 rings (SSSR count). The molecule has 1 unspecified atom stereocenters. The molecule has 0 spiro atoms. The molecule has 0 saturated carbocycles. The van der Waals surface area contributed by atoms with Gasteiger partial charge in [-0.15, -0.1) is 11.3 Å². The van der Waals surface area contributed by atoms with Crippen LogP contribution >= 0.6 is 11.3 Å². The molecule has 1 aromatic carbocycles. The number of aryl methyl sites for hydroxylation is 1. The normalized spacial score (nSPS) is 18.4. The molecule has 2 aromatic rings. The van der Waals surface area contributed by atoms with Gasteiger partial charge in [-0.1, -0.05) is 29.8 Å². The SMILES string of the molecule is Cc1cccc(C(c2nccs2)N2CCNCC2)c1. The Bertz CT molecular complexity index is 518. The van der Waals surface area contributed by atoms with Crippen LogP contribution in [-0.4, -0.2) is 36.1 Å². The van der Waals surface area contributed by atoms with Gasteiger partial charge in [-0.25, -0.2) is 4.98 Å². The van der Waals surface area contributed by atoms with E-state index >= 15 is 0 Å². The molecule has 3 nitrogen and oxygen atoms in total. The summed E-state index contributed by atoms with van der Waals surface area (Å²) in [5, 5.41) is 6.69. The largest absolute Gasteiger partial charge is 0.314 e. The summed E-state index contributed by atoms with van der Waals surface area (Å²) in [4.78, 5) is 7.09. The maximum atomic E-state index is 4.55. The molecule has 100 valence electrons. The van der Waals surface area contributed by atoms with E-state index in [0.717, 1.165) is 26.2 Å². The maximum Gasteiger partial charge on any atom is 0.114 e.